The Morgan fingerprint density at radius 2 is 2.39 bits per heavy atom. The van der Waals surface area contributed by atoms with Crippen LogP contribution in [0.15, 0.2) is 18.3 Å². The molecule has 18 heavy (non-hydrogen) atoms. The van der Waals surface area contributed by atoms with E-state index in [4.69, 9.17) is 9.47 Å². The molecule has 1 saturated carbocycles. The van der Waals surface area contributed by atoms with Gasteiger partial charge in [-0.15, -0.1) is 0 Å². The van der Waals surface area contributed by atoms with E-state index in [9.17, 15) is 10.1 Å². The molecule has 0 radical (unpaired) electrons. The Bertz CT molecular complexity index is 451. The fourth-order valence-corrected chi connectivity index (χ4v) is 2.29. The summed E-state index contributed by atoms with van der Waals surface area (Å²) < 4.78 is 11.2. The van der Waals surface area contributed by atoms with Crippen LogP contribution < -0.4 is 4.74 Å². The quantitative estimate of drug-likeness (QED) is 0.607. The molecule has 1 aliphatic carbocycles. The molecule has 2 atom stereocenters. The van der Waals surface area contributed by atoms with Crippen LogP contribution in [0.25, 0.3) is 0 Å². The Hall–Kier alpha value is -1.69. The van der Waals surface area contributed by atoms with Gasteiger partial charge in [0.05, 0.1) is 0 Å². The molecular weight excluding hydrogens is 236 g/mol. The molecule has 2 rings (SSSR count). The van der Waals surface area contributed by atoms with E-state index in [2.05, 4.69) is 4.98 Å². The maximum Gasteiger partial charge on any atom is 0.406 e. The van der Waals surface area contributed by atoms with Crippen molar-refractivity contribution >= 4 is 5.82 Å². The summed E-state index contributed by atoms with van der Waals surface area (Å²) >= 11 is 0. The van der Waals surface area contributed by atoms with Crippen molar-refractivity contribution < 1.29 is 14.4 Å². The average molecular weight is 252 g/mol. The van der Waals surface area contributed by atoms with E-state index in [0.717, 1.165) is 19.3 Å². The van der Waals surface area contributed by atoms with Gasteiger partial charge in [0.25, 0.3) is 0 Å². The minimum atomic E-state index is -0.533. The third kappa shape index (κ3) is 2.28. The molecule has 1 aliphatic rings. The Kier molecular flexibility index (Phi) is 3.47. The third-order valence-corrected chi connectivity index (χ3v) is 3.48. The van der Waals surface area contributed by atoms with E-state index in [1.165, 1.54) is 6.20 Å². The van der Waals surface area contributed by atoms with E-state index in [1.54, 1.807) is 19.2 Å². The largest absolute Gasteiger partial charge is 0.479 e. The van der Waals surface area contributed by atoms with Crippen LogP contribution in [0.3, 0.4) is 0 Å². The lowest BCUT2D eigenvalue weighted by Gasteiger charge is -2.30. The van der Waals surface area contributed by atoms with Crippen molar-refractivity contribution in [3.05, 3.63) is 28.4 Å². The summed E-state index contributed by atoms with van der Waals surface area (Å²) in [4.78, 5) is 14.1. The number of hydrogen-bond donors (Lipinski definition) is 0. The molecule has 0 bridgehead atoms. The first-order valence-corrected chi connectivity index (χ1v) is 5.88. The number of aromatic nitrogens is 1. The van der Waals surface area contributed by atoms with Gasteiger partial charge in [0, 0.05) is 7.11 Å². The highest BCUT2D eigenvalue weighted by atomic mass is 16.6. The fraction of sp³-hybridized carbons (Fsp3) is 0.583. The Labute approximate surface area is 105 Å². The zero-order chi connectivity index (χ0) is 13.2. The van der Waals surface area contributed by atoms with Crippen LogP contribution in [-0.2, 0) is 4.74 Å². The molecule has 2 unspecified atom stereocenters. The van der Waals surface area contributed by atoms with Gasteiger partial charge in [-0.1, -0.05) is 0 Å². The van der Waals surface area contributed by atoms with Crippen molar-refractivity contribution in [2.75, 3.05) is 7.11 Å². The molecule has 98 valence electrons. The minimum absolute atomic E-state index is 0.176. The van der Waals surface area contributed by atoms with Gasteiger partial charge in [0.15, 0.2) is 0 Å². The summed E-state index contributed by atoms with van der Waals surface area (Å²) in [5, 5.41) is 10.9. The lowest BCUT2D eigenvalue weighted by atomic mass is 10.0. The predicted molar refractivity (Wildman–Crippen MR) is 64.6 cm³/mol. The van der Waals surface area contributed by atoms with Crippen molar-refractivity contribution in [2.45, 2.75) is 37.9 Å². The van der Waals surface area contributed by atoms with Gasteiger partial charge < -0.3 is 19.6 Å². The summed E-state index contributed by atoms with van der Waals surface area (Å²) in [7, 11) is 1.64. The Morgan fingerprint density at radius 1 is 1.61 bits per heavy atom. The number of pyridine rings is 1. The first-order valence-electron chi connectivity index (χ1n) is 5.88. The molecule has 0 spiro atoms. The van der Waals surface area contributed by atoms with Gasteiger partial charge in [-0.25, -0.2) is 0 Å². The predicted octanol–water partition coefficient (Wildman–Crippen LogP) is 2.33. The molecule has 0 saturated heterocycles. The molecule has 6 nitrogen and oxygen atoms in total. The van der Waals surface area contributed by atoms with Crippen LogP contribution in [0.4, 0.5) is 5.82 Å². The van der Waals surface area contributed by atoms with Crippen molar-refractivity contribution in [1.29, 1.82) is 0 Å². The van der Waals surface area contributed by atoms with Crippen molar-refractivity contribution in [2.24, 2.45) is 0 Å². The number of nitrogens with zero attached hydrogens (tertiary/aromatic N) is 2. The number of nitro groups is 1. The van der Waals surface area contributed by atoms with Crippen LogP contribution in [0.2, 0.25) is 0 Å². The third-order valence-electron chi connectivity index (χ3n) is 3.48. The van der Waals surface area contributed by atoms with Crippen LogP contribution >= 0.6 is 0 Å². The molecule has 1 fully saturated rings. The number of hydrogen-bond acceptors (Lipinski definition) is 5. The summed E-state index contributed by atoms with van der Waals surface area (Å²) in [6.45, 7) is 1.97. The van der Waals surface area contributed by atoms with E-state index in [1.807, 2.05) is 6.92 Å². The zero-order valence-corrected chi connectivity index (χ0v) is 10.5. The normalized spacial score (nSPS) is 27.1. The highest BCUT2D eigenvalue weighted by molar-refractivity contribution is 5.38. The van der Waals surface area contributed by atoms with Crippen LogP contribution in [0.1, 0.15) is 26.2 Å². The van der Waals surface area contributed by atoms with Crippen LogP contribution in [0.5, 0.6) is 5.75 Å². The standard InChI is InChI=1S/C12H16N2O4/c1-12(17-2)7-3-6-10(12)18-9-5-4-8-13-11(9)14(15)16/h4-5,8,10H,3,6-7H2,1-2H3. The van der Waals surface area contributed by atoms with Gasteiger partial charge in [-0.3, -0.25) is 0 Å². The highest BCUT2D eigenvalue weighted by Crippen LogP contribution is 2.37. The van der Waals surface area contributed by atoms with Crippen LogP contribution in [0, 0.1) is 10.1 Å². The van der Waals surface area contributed by atoms with Gasteiger partial charge >= 0.3 is 5.82 Å². The minimum Gasteiger partial charge on any atom is -0.479 e. The molecule has 0 N–H and O–H groups in total. The lowest BCUT2D eigenvalue weighted by Crippen LogP contribution is -2.40. The van der Waals surface area contributed by atoms with Gasteiger partial charge in [-0.2, -0.15) is 0 Å². The maximum absolute atomic E-state index is 10.9. The van der Waals surface area contributed by atoms with Gasteiger partial charge in [0.2, 0.25) is 5.75 Å². The maximum atomic E-state index is 10.9. The first kappa shape index (κ1) is 12.8. The molecule has 0 aromatic carbocycles. The number of ether oxygens (including phenoxy) is 2. The molecule has 1 aromatic heterocycles. The second-order valence-electron chi connectivity index (χ2n) is 4.60. The Balaban J connectivity index is 2.22. The average Bonchev–Trinajstić information content (AvgIpc) is 2.72. The van der Waals surface area contributed by atoms with E-state index >= 15 is 0 Å². The molecule has 0 amide bonds. The Morgan fingerprint density at radius 3 is 3.06 bits per heavy atom. The summed E-state index contributed by atoms with van der Waals surface area (Å²) in [6, 6.07) is 3.20. The van der Waals surface area contributed by atoms with Gasteiger partial charge in [0.1, 0.15) is 17.9 Å². The van der Waals surface area contributed by atoms with Crippen molar-refractivity contribution in [1.82, 2.24) is 4.98 Å². The number of rotatable bonds is 4. The second-order valence-corrected chi connectivity index (χ2v) is 4.60. The molecule has 1 aromatic rings. The van der Waals surface area contributed by atoms with E-state index in [0.29, 0.717) is 0 Å². The van der Waals surface area contributed by atoms with E-state index in [-0.39, 0.29) is 23.3 Å². The van der Waals surface area contributed by atoms with E-state index < -0.39 is 4.92 Å². The molecule has 6 heteroatoms. The molecule has 0 aliphatic heterocycles. The first-order chi connectivity index (χ1) is 8.57. The van der Waals surface area contributed by atoms with Gasteiger partial charge in [-0.05, 0) is 48.2 Å². The highest BCUT2D eigenvalue weighted by Gasteiger charge is 2.41. The zero-order valence-electron chi connectivity index (χ0n) is 10.5. The monoisotopic (exact) mass is 252 g/mol. The molecule has 1 heterocycles. The summed E-state index contributed by atoms with van der Waals surface area (Å²) in [6.07, 6.45) is 3.92. The SMILES string of the molecule is COC1(C)CCCC1Oc1cccnc1[N+](=O)[O-]. The molecular formula is C12H16N2O4. The smallest absolute Gasteiger partial charge is 0.406 e. The van der Waals surface area contributed by atoms with Crippen LogP contribution in [-0.4, -0.2) is 28.7 Å². The fourth-order valence-electron chi connectivity index (χ4n) is 2.29. The lowest BCUT2D eigenvalue weighted by molar-refractivity contribution is -0.390. The van der Waals surface area contributed by atoms with Crippen molar-refractivity contribution in [3.63, 3.8) is 0 Å². The second kappa shape index (κ2) is 4.89. The summed E-state index contributed by atoms with van der Waals surface area (Å²) in [5.41, 5.74) is -0.385. The number of methoxy groups -OCH3 is 1. The topological polar surface area (TPSA) is 74.5 Å². The van der Waals surface area contributed by atoms with Crippen molar-refractivity contribution in [3.8, 4) is 5.75 Å². The summed E-state index contributed by atoms with van der Waals surface area (Å²) in [5.74, 6) is -0.0412.